The summed E-state index contributed by atoms with van der Waals surface area (Å²) in [5.74, 6) is -0.506. The molecule has 0 aliphatic carbocycles. The molecule has 0 spiro atoms. The summed E-state index contributed by atoms with van der Waals surface area (Å²) >= 11 is 1.27. The van der Waals surface area contributed by atoms with Gasteiger partial charge in [-0.2, -0.15) is 0 Å². The molecule has 2 heterocycles. The maximum Gasteiger partial charge on any atom is 0.348 e. The van der Waals surface area contributed by atoms with E-state index in [0.29, 0.717) is 10.4 Å². The first kappa shape index (κ1) is 17.0. The normalized spacial score (nSPS) is 11.2. The third kappa shape index (κ3) is 3.51. The molecule has 0 bridgehead atoms. The highest BCUT2D eigenvalue weighted by Crippen LogP contribution is 2.30. The van der Waals surface area contributed by atoms with Crippen molar-refractivity contribution in [1.82, 2.24) is 4.98 Å². The molecule has 0 radical (unpaired) electrons. The molecule has 1 aromatic carbocycles. The summed E-state index contributed by atoms with van der Waals surface area (Å²) in [6.07, 6.45) is 4.88. The molecule has 25 heavy (non-hydrogen) atoms. The Kier molecular flexibility index (Phi) is 4.76. The van der Waals surface area contributed by atoms with E-state index in [1.807, 2.05) is 38.1 Å². The number of ketones is 1. The summed E-state index contributed by atoms with van der Waals surface area (Å²) in [5.41, 5.74) is 3.40. The third-order valence-corrected chi connectivity index (χ3v) is 5.11. The second kappa shape index (κ2) is 6.99. The van der Waals surface area contributed by atoms with Crippen LogP contribution in [-0.4, -0.2) is 23.8 Å². The fourth-order valence-corrected chi connectivity index (χ4v) is 3.61. The number of methoxy groups -OCH3 is 1. The predicted molar refractivity (Wildman–Crippen MR) is 100 cm³/mol. The van der Waals surface area contributed by atoms with Crippen molar-refractivity contribution in [2.45, 2.75) is 13.8 Å². The lowest BCUT2D eigenvalue weighted by molar-refractivity contribution is 0.0605. The number of benzene rings is 1. The summed E-state index contributed by atoms with van der Waals surface area (Å²) < 4.78 is 4.79. The van der Waals surface area contributed by atoms with Crippen molar-refractivity contribution < 1.29 is 14.3 Å². The van der Waals surface area contributed by atoms with Crippen LogP contribution >= 0.6 is 11.3 Å². The zero-order valence-corrected chi connectivity index (χ0v) is 15.0. The van der Waals surface area contributed by atoms with Gasteiger partial charge in [0.05, 0.1) is 7.11 Å². The highest BCUT2D eigenvalue weighted by Gasteiger charge is 2.17. The van der Waals surface area contributed by atoms with Crippen LogP contribution in [0, 0.1) is 13.8 Å². The smallest absolute Gasteiger partial charge is 0.348 e. The number of esters is 1. The number of aryl methyl sites for hydroxylation is 2. The molecule has 4 nitrogen and oxygen atoms in total. The number of thiophene rings is 1. The Balaban J connectivity index is 1.92. The first-order valence-corrected chi connectivity index (χ1v) is 8.58. The summed E-state index contributed by atoms with van der Waals surface area (Å²) in [6.45, 7) is 3.85. The monoisotopic (exact) mass is 351 g/mol. The van der Waals surface area contributed by atoms with Crippen LogP contribution in [0.25, 0.3) is 16.3 Å². The summed E-state index contributed by atoms with van der Waals surface area (Å²) in [7, 11) is 1.35. The zero-order chi connectivity index (χ0) is 18.0. The molecule has 3 rings (SSSR count). The number of carbonyl (C=O) groups excluding carboxylic acids is 2. The predicted octanol–water partition coefficient (Wildman–Crippen LogP) is 4.60. The molecule has 0 saturated heterocycles. The molecule has 2 aromatic heterocycles. The fourth-order valence-electron chi connectivity index (χ4n) is 2.56. The van der Waals surface area contributed by atoms with Crippen molar-refractivity contribution in [3.8, 4) is 0 Å². The Labute approximate surface area is 149 Å². The van der Waals surface area contributed by atoms with Gasteiger partial charge in [0.2, 0.25) is 0 Å². The van der Waals surface area contributed by atoms with E-state index in [4.69, 9.17) is 4.74 Å². The standard InChI is InChI=1S/C20H17NO3S/c1-12-5-4-6-14(9-12)7-8-17(22)15-10-16-13(2)18(20(23)24-3)25-19(16)21-11-15/h4-11H,1-3H3/b8-7+. The summed E-state index contributed by atoms with van der Waals surface area (Å²) in [6, 6.07) is 9.70. The van der Waals surface area contributed by atoms with Gasteiger partial charge in [-0.05, 0) is 37.1 Å². The largest absolute Gasteiger partial charge is 0.465 e. The van der Waals surface area contributed by atoms with Gasteiger partial charge in [-0.25, -0.2) is 9.78 Å². The number of fused-ring (bicyclic) bond motifs is 1. The van der Waals surface area contributed by atoms with Gasteiger partial charge < -0.3 is 4.74 Å². The molecule has 0 fully saturated rings. The Morgan fingerprint density at radius 1 is 1.20 bits per heavy atom. The minimum atomic E-state index is -0.382. The average molecular weight is 351 g/mol. The van der Waals surface area contributed by atoms with Crippen LogP contribution in [0.1, 0.15) is 36.7 Å². The highest BCUT2D eigenvalue weighted by atomic mass is 32.1. The van der Waals surface area contributed by atoms with Gasteiger partial charge in [0.25, 0.3) is 0 Å². The molecule has 0 saturated carbocycles. The van der Waals surface area contributed by atoms with E-state index in [1.54, 1.807) is 24.4 Å². The van der Waals surface area contributed by atoms with Crippen molar-refractivity contribution >= 4 is 39.4 Å². The lowest BCUT2D eigenvalue weighted by Crippen LogP contribution is -1.99. The molecule has 0 amide bonds. The lowest BCUT2D eigenvalue weighted by Gasteiger charge is -1.99. The van der Waals surface area contributed by atoms with E-state index >= 15 is 0 Å². The van der Waals surface area contributed by atoms with Crippen LogP contribution in [0.2, 0.25) is 0 Å². The van der Waals surface area contributed by atoms with Gasteiger partial charge in [0.15, 0.2) is 5.78 Å². The van der Waals surface area contributed by atoms with Crippen molar-refractivity contribution in [2.75, 3.05) is 7.11 Å². The van der Waals surface area contributed by atoms with Crippen LogP contribution in [0.15, 0.2) is 42.6 Å². The van der Waals surface area contributed by atoms with Crippen LogP contribution in [-0.2, 0) is 4.74 Å². The van der Waals surface area contributed by atoms with E-state index in [9.17, 15) is 9.59 Å². The quantitative estimate of drug-likeness (QED) is 0.392. The van der Waals surface area contributed by atoms with Gasteiger partial charge in [-0.3, -0.25) is 4.79 Å². The van der Waals surface area contributed by atoms with E-state index in [2.05, 4.69) is 4.98 Å². The minimum Gasteiger partial charge on any atom is -0.465 e. The molecule has 0 N–H and O–H groups in total. The first-order chi connectivity index (χ1) is 12.0. The number of ether oxygens (including phenoxy) is 1. The first-order valence-electron chi connectivity index (χ1n) is 7.76. The van der Waals surface area contributed by atoms with Gasteiger partial charge in [0, 0.05) is 17.1 Å². The van der Waals surface area contributed by atoms with Gasteiger partial charge in [0.1, 0.15) is 9.71 Å². The number of hydrogen-bond acceptors (Lipinski definition) is 5. The molecule has 126 valence electrons. The number of carbonyl (C=O) groups is 2. The second-order valence-electron chi connectivity index (χ2n) is 5.74. The van der Waals surface area contributed by atoms with E-state index in [0.717, 1.165) is 26.9 Å². The SMILES string of the molecule is COC(=O)c1sc2ncc(C(=O)/C=C/c3cccc(C)c3)cc2c1C. The lowest BCUT2D eigenvalue weighted by atomic mass is 10.1. The topological polar surface area (TPSA) is 56.3 Å². The average Bonchev–Trinajstić information content (AvgIpc) is 2.95. The van der Waals surface area contributed by atoms with Crippen molar-refractivity contribution in [3.05, 3.63) is 69.7 Å². The Morgan fingerprint density at radius 3 is 2.72 bits per heavy atom. The number of rotatable bonds is 4. The molecular formula is C20H17NO3S. The molecule has 3 aromatic rings. The molecule has 5 heteroatoms. The highest BCUT2D eigenvalue weighted by molar-refractivity contribution is 7.20. The van der Waals surface area contributed by atoms with Crippen LogP contribution < -0.4 is 0 Å². The maximum atomic E-state index is 12.4. The Morgan fingerprint density at radius 2 is 2.00 bits per heavy atom. The van der Waals surface area contributed by atoms with Crippen molar-refractivity contribution in [2.24, 2.45) is 0 Å². The van der Waals surface area contributed by atoms with Crippen molar-refractivity contribution in [3.63, 3.8) is 0 Å². The van der Waals surface area contributed by atoms with Gasteiger partial charge >= 0.3 is 5.97 Å². The molecular weight excluding hydrogens is 334 g/mol. The van der Waals surface area contributed by atoms with Crippen molar-refractivity contribution in [1.29, 1.82) is 0 Å². The number of nitrogens with zero attached hydrogens (tertiary/aromatic N) is 1. The minimum absolute atomic E-state index is 0.124. The molecule has 0 aliphatic heterocycles. The van der Waals surface area contributed by atoms with Crippen LogP contribution in [0.4, 0.5) is 0 Å². The molecule has 0 unspecified atom stereocenters. The second-order valence-corrected chi connectivity index (χ2v) is 6.74. The van der Waals surface area contributed by atoms with E-state index in [-0.39, 0.29) is 11.8 Å². The number of pyridine rings is 1. The van der Waals surface area contributed by atoms with Crippen LogP contribution in [0.5, 0.6) is 0 Å². The fraction of sp³-hybridized carbons (Fsp3) is 0.150. The molecule has 0 atom stereocenters. The maximum absolute atomic E-state index is 12.4. The van der Waals surface area contributed by atoms with Gasteiger partial charge in [-0.1, -0.05) is 35.9 Å². The number of hydrogen-bond donors (Lipinski definition) is 0. The Bertz CT molecular complexity index is 1000. The van der Waals surface area contributed by atoms with E-state index < -0.39 is 0 Å². The van der Waals surface area contributed by atoms with E-state index in [1.165, 1.54) is 18.4 Å². The summed E-state index contributed by atoms with van der Waals surface area (Å²) in [5, 5.41) is 0.806. The summed E-state index contributed by atoms with van der Waals surface area (Å²) in [4.78, 5) is 29.8. The zero-order valence-electron chi connectivity index (χ0n) is 14.2. The molecule has 0 aliphatic rings. The van der Waals surface area contributed by atoms with Gasteiger partial charge in [-0.15, -0.1) is 11.3 Å². The number of allylic oxidation sites excluding steroid dienone is 1. The number of aromatic nitrogens is 1. The Hall–Kier alpha value is -2.79. The third-order valence-electron chi connectivity index (χ3n) is 3.92. The van der Waals surface area contributed by atoms with Crippen LogP contribution in [0.3, 0.4) is 0 Å².